The van der Waals surface area contributed by atoms with Gasteiger partial charge in [-0.1, -0.05) is 0 Å². The summed E-state index contributed by atoms with van der Waals surface area (Å²) in [6, 6.07) is 7.70. The third-order valence-electron chi connectivity index (χ3n) is 1.87. The van der Waals surface area contributed by atoms with Crippen molar-refractivity contribution in [2.24, 2.45) is 0 Å². The molecule has 0 saturated carbocycles. The highest BCUT2D eigenvalue weighted by Gasteiger charge is 2.03. The SMILES string of the molecule is Nc1ccc(Oc2ccc(F)c(Br)c2)nc1. The monoisotopic (exact) mass is 282 g/mol. The Hall–Kier alpha value is -1.62. The van der Waals surface area contributed by atoms with Crippen LogP contribution in [0.25, 0.3) is 0 Å². The molecule has 0 unspecified atom stereocenters. The lowest BCUT2D eigenvalue weighted by atomic mass is 10.3. The normalized spacial score (nSPS) is 10.1. The minimum absolute atomic E-state index is 0.336. The number of nitrogens with two attached hydrogens (primary N) is 1. The summed E-state index contributed by atoms with van der Waals surface area (Å²) in [6.07, 6.45) is 1.49. The average Bonchev–Trinajstić information content (AvgIpc) is 2.27. The van der Waals surface area contributed by atoms with Gasteiger partial charge in [0.15, 0.2) is 0 Å². The van der Waals surface area contributed by atoms with Gasteiger partial charge in [-0.3, -0.25) is 0 Å². The fourth-order valence-electron chi connectivity index (χ4n) is 1.11. The van der Waals surface area contributed by atoms with Gasteiger partial charge < -0.3 is 10.5 Å². The van der Waals surface area contributed by atoms with E-state index in [1.807, 2.05) is 0 Å². The van der Waals surface area contributed by atoms with Crippen LogP contribution < -0.4 is 10.5 Å². The molecule has 0 spiro atoms. The molecule has 1 heterocycles. The quantitative estimate of drug-likeness (QED) is 0.919. The summed E-state index contributed by atoms with van der Waals surface area (Å²) in [5.41, 5.74) is 6.05. The number of aromatic nitrogens is 1. The largest absolute Gasteiger partial charge is 0.439 e. The summed E-state index contributed by atoms with van der Waals surface area (Å²) in [4.78, 5) is 3.97. The van der Waals surface area contributed by atoms with Gasteiger partial charge in [0, 0.05) is 6.07 Å². The minimum Gasteiger partial charge on any atom is -0.439 e. The molecule has 5 heteroatoms. The van der Waals surface area contributed by atoms with Crippen molar-refractivity contribution >= 4 is 21.6 Å². The highest BCUT2D eigenvalue weighted by molar-refractivity contribution is 9.10. The van der Waals surface area contributed by atoms with Gasteiger partial charge in [0.2, 0.25) is 5.88 Å². The molecule has 82 valence electrons. The second kappa shape index (κ2) is 4.49. The Morgan fingerprint density at radius 3 is 2.69 bits per heavy atom. The Labute approximate surface area is 100 Å². The minimum atomic E-state index is -0.336. The molecule has 1 aromatic carbocycles. The van der Waals surface area contributed by atoms with Crippen molar-refractivity contribution in [3.05, 3.63) is 46.8 Å². The summed E-state index contributed by atoms with van der Waals surface area (Å²) in [5.74, 6) is 0.580. The van der Waals surface area contributed by atoms with E-state index in [0.29, 0.717) is 21.8 Å². The van der Waals surface area contributed by atoms with E-state index < -0.39 is 0 Å². The van der Waals surface area contributed by atoms with E-state index in [0.717, 1.165) is 0 Å². The number of anilines is 1. The lowest BCUT2D eigenvalue weighted by molar-refractivity contribution is 0.461. The van der Waals surface area contributed by atoms with E-state index in [2.05, 4.69) is 20.9 Å². The van der Waals surface area contributed by atoms with E-state index in [9.17, 15) is 4.39 Å². The van der Waals surface area contributed by atoms with Crippen molar-refractivity contribution < 1.29 is 9.13 Å². The number of nitrogen functional groups attached to an aromatic ring is 1. The van der Waals surface area contributed by atoms with Crippen LogP contribution in [0.1, 0.15) is 0 Å². The van der Waals surface area contributed by atoms with Crippen molar-refractivity contribution in [1.82, 2.24) is 4.98 Å². The summed E-state index contributed by atoms with van der Waals surface area (Å²) < 4.78 is 18.7. The third kappa shape index (κ3) is 2.49. The van der Waals surface area contributed by atoms with Gasteiger partial charge in [-0.25, -0.2) is 9.37 Å². The fourth-order valence-corrected chi connectivity index (χ4v) is 1.47. The Morgan fingerprint density at radius 2 is 2.06 bits per heavy atom. The maximum atomic E-state index is 13.0. The lowest BCUT2D eigenvalue weighted by Gasteiger charge is -2.05. The maximum absolute atomic E-state index is 13.0. The van der Waals surface area contributed by atoms with Crippen molar-refractivity contribution in [3.63, 3.8) is 0 Å². The molecule has 16 heavy (non-hydrogen) atoms. The van der Waals surface area contributed by atoms with Crippen LogP contribution in [0.2, 0.25) is 0 Å². The highest BCUT2D eigenvalue weighted by atomic mass is 79.9. The van der Waals surface area contributed by atoms with Crippen LogP contribution in [-0.2, 0) is 0 Å². The Kier molecular flexibility index (Phi) is 3.05. The van der Waals surface area contributed by atoms with E-state index in [-0.39, 0.29) is 5.82 Å². The van der Waals surface area contributed by atoms with Crippen LogP contribution >= 0.6 is 15.9 Å². The number of nitrogens with zero attached hydrogens (tertiary/aromatic N) is 1. The first-order chi connectivity index (χ1) is 7.65. The van der Waals surface area contributed by atoms with E-state index in [4.69, 9.17) is 10.5 Å². The second-order valence-corrected chi connectivity index (χ2v) is 3.96. The van der Waals surface area contributed by atoms with Crippen molar-refractivity contribution in [2.75, 3.05) is 5.73 Å². The molecule has 0 aliphatic heterocycles. The summed E-state index contributed by atoms with van der Waals surface area (Å²) in [7, 11) is 0. The zero-order valence-electron chi connectivity index (χ0n) is 8.15. The van der Waals surface area contributed by atoms with Gasteiger partial charge in [-0.05, 0) is 40.2 Å². The van der Waals surface area contributed by atoms with Crippen molar-refractivity contribution in [1.29, 1.82) is 0 Å². The molecule has 0 radical (unpaired) electrons. The molecule has 0 fully saturated rings. The van der Waals surface area contributed by atoms with Gasteiger partial charge in [0.05, 0.1) is 16.4 Å². The van der Waals surface area contributed by atoms with Gasteiger partial charge in [0.1, 0.15) is 11.6 Å². The number of rotatable bonds is 2. The van der Waals surface area contributed by atoms with Crippen molar-refractivity contribution in [3.8, 4) is 11.6 Å². The lowest BCUT2D eigenvalue weighted by Crippen LogP contribution is -1.90. The number of benzene rings is 1. The molecule has 0 amide bonds. The predicted octanol–water partition coefficient (Wildman–Crippen LogP) is 3.36. The molecule has 2 aromatic rings. The van der Waals surface area contributed by atoms with Gasteiger partial charge >= 0.3 is 0 Å². The molecule has 0 atom stereocenters. The van der Waals surface area contributed by atoms with Gasteiger partial charge in [-0.15, -0.1) is 0 Å². The number of hydrogen-bond acceptors (Lipinski definition) is 3. The molecular weight excluding hydrogens is 275 g/mol. The Morgan fingerprint density at radius 1 is 1.25 bits per heavy atom. The number of halogens is 2. The predicted molar refractivity (Wildman–Crippen MR) is 62.8 cm³/mol. The van der Waals surface area contributed by atoms with Gasteiger partial charge in [-0.2, -0.15) is 0 Å². The van der Waals surface area contributed by atoms with Crippen LogP contribution in [0.3, 0.4) is 0 Å². The zero-order valence-corrected chi connectivity index (χ0v) is 9.74. The van der Waals surface area contributed by atoms with Crippen LogP contribution in [0.5, 0.6) is 11.6 Å². The van der Waals surface area contributed by atoms with E-state index >= 15 is 0 Å². The topological polar surface area (TPSA) is 48.1 Å². The standard InChI is InChI=1S/C11H8BrFN2O/c12-9-5-8(2-3-10(9)13)16-11-4-1-7(14)6-15-11/h1-6H,14H2. The molecule has 0 saturated heterocycles. The average molecular weight is 283 g/mol. The van der Waals surface area contributed by atoms with Crippen molar-refractivity contribution in [2.45, 2.75) is 0 Å². The molecule has 0 aliphatic carbocycles. The molecule has 2 N–H and O–H groups in total. The Bertz CT molecular complexity index is 502. The summed E-state index contributed by atoms with van der Waals surface area (Å²) >= 11 is 3.08. The zero-order chi connectivity index (χ0) is 11.5. The molecule has 1 aromatic heterocycles. The molecular formula is C11H8BrFN2O. The first kappa shape index (κ1) is 10.9. The highest BCUT2D eigenvalue weighted by Crippen LogP contribution is 2.25. The van der Waals surface area contributed by atoms with Crippen LogP contribution in [-0.4, -0.2) is 4.98 Å². The van der Waals surface area contributed by atoms with Gasteiger partial charge in [0.25, 0.3) is 0 Å². The van der Waals surface area contributed by atoms with Crippen LogP contribution in [0.15, 0.2) is 41.0 Å². The van der Waals surface area contributed by atoms with Crippen LogP contribution in [0, 0.1) is 5.82 Å². The molecule has 0 aliphatic rings. The summed E-state index contributed by atoms with van der Waals surface area (Å²) in [5, 5.41) is 0. The second-order valence-electron chi connectivity index (χ2n) is 3.11. The smallest absolute Gasteiger partial charge is 0.219 e. The fraction of sp³-hybridized carbons (Fsp3) is 0. The maximum Gasteiger partial charge on any atom is 0.219 e. The molecule has 3 nitrogen and oxygen atoms in total. The first-order valence-corrected chi connectivity index (χ1v) is 5.29. The first-order valence-electron chi connectivity index (χ1n) is 4.49. The number of pyridine rings is 1. The van der Waals surface area contributed by atoms with E-state index in [1.165, 1.54) is 24.4 Å². The van der Waals surface area contributed by atoms with E-state index in [1.54, 1.807) is 12.1 Å². The number of ether oxygens (including phenoxy) is 1. The molecule has 2 rings (SSSR count). The summed E-state index contributed by atoms with van der Waals surface area (Å²) in [6.45, 7) is 0. The Balaban J connectivity index is 2.20. The number of hydrogen-bond donors (Lipinski definition) is 1. The van der Waals surface area contributed by atoms with Crippen LogP contribution in [0.4, 0.5) is 10.1 Å². The molecule has 0 bridgehead atoms. The third-order valence-corrected chi connectivity index (χ3v) is 2.48.